The monoisotopic (exact) mass is 168 g/mol. The largest absolute Gasteiger partial charge is 0.322 e. The molecule has 1 atom stereocenters. The summed E-state index contributed by atoms with van der Waals surface area (Å²) in [5.74, 6) is 0.723. The Balaban J connectivity index is 2.14. The van der Waals surface area contributed by atoms with Crippen molar-refractivity contribution in [1.29, 1.82) is 0 Å². The van der Waals surface area contributed by atoms with E-state index >= 15 is 0 Å². The minimum Gasteiger partial charge on any atom is -0.322 e. The molecule has 1 heterocycles. The summed E-state index contributed by atoms with van der Waals surface area (Å²) in [7, 11) is 0. The van der Waals surface area contributed by atoms with Crippen LogP contribution < -0.4 is 5.73 Å². The minimum absolute atomic E-state index is 0.216. The molecule has 2 nitrogen and oxygen atoms in total. The molecule has 11 heavy (non-hydrogen) atoms. The molecule has 1 aliphatic carbocycles. The van der Waals surface area contributed by atoms with Gasteiger partial charge in [-0.25, -0.2) is 4.98 Å². The molecular weight excluding hydrogens is 156 g/mol. The number of hydrogen-bond donors (Lipinski definition) is 1. The van der Waals surface area contributed by atoms with Gasteiger partial charge in [0.15, 0.2) is 0 Å². The molecule has 3 heteroatoms. The smallest absolute Gasteiger partial charge is 0.110 e. The van der Waals surface area contributed by atoms with E-state index in [9.17, 15) is 0 Å². The Labute approximate surface area is 70.5 Å². The molecular formula is C8H12N2S. The van der Waals surface area contributed by atoms with Crippen LogP contribution in [0.1, 0.15) is 29.6 Å². The van der Waals surface area contributed by atoms with Crippen LogP contribution in [0.3, 0.4) is 0 Å². The molecule has 1 fully saturated rings. The molecule has 1 aromatic heterocycles. The van der Waals surface area contributed by atoms with Crippen molar-refractivity contribution in [2.45, 2.75) is 25.8 Å². The lowest BCUT2D eigenvalue weighted by Crippen LogP contribution is -2.11. The van der Waals surface area contributed by atoms with Crippen molar-refractivity contribution in [2.75, 3.05) is 0 Å². The fourth-order valence-electron chi connectivity index (χ4n) is 1.18. The predicted octanol–water partition coefficient (Wildman–Crippen LogP) is 1.86. The Kier molecular flexibility index (Phi) is 1.69. The van der Waals surface area contributed by atoms with E-state index in [1.807, 2.05) is 6.92 Å². The molecule has 2 rings (SSSR count). The maximum absolute atomic E-state index is 5.96. The Morgan fingerprint density at radius 3 is 2.91 bits per heavy atom. The average molecular weight is 168 g/mol. The molecule has 0 aliphatic heterocycles. The maximum Gasteiger partial charge on any atom is 0.110 e. The molecule has 1 saturated carbocycles. The van der Waals surface area contributed by atoms with Gasteiger partial charge in [0.1, 0.15) is 5.01 Å². The Morgan fingerprint density at radius 1 is 1.73 bits per heavy atom. The quantitative estimate of drug-likeness (QED) is 0.732. The molecule has 0 spiro atoms. The van der Waals surface area contributed by atoms with Gasteiger partial charge in [0, 0.05) is 11.1 Å². The predicted molar refractivity (Wildman–Crippen MR) is 46.5 cm³/mol. The van der Waals surface area contributed by atoms with E-state index in [0.29, 0.717) is 0 Å². The van der Waals surface area contributed by atoms with Crippen molar-refractivity contribution in [3.8, 4) is 0 Å². The topological polar surface area (TPSA) is 38.9 Å². The highest BCUT2D eigenvalue weighted by atomic mass is 32.1. The number of rotatable bonds is 2. The van der Waals surface area contributed by atoms with Gasteiger partial charge in [-0.1, -0.05) is 0 Å². The maximum atomic E-state index is 5.96. The summed E-state index contributed by atoms with van der Waals surface area (Å²) < 4.78 is 0. The molecule has 0 aromatic carbocycles. The highest BCUT2D eigenvalue weighted by Gasteiger charge is 2.30. The lowest BCUT2D eigenvalue weighted by atomic mass is 10.2. The van der Waals surface area contributed by atoms with E-state index in [2.05, 4.69) is 10.4 Å². The number of nitrogens with zero attached hydrogens (tertiary/aromatic N) is 1. The highest BCUT2D eigenvalue weighted by Crippen LogP contribution is 2.40. The van der Waals surface area contributed by atoms with E-state index in [1.54, 1.807) is 11.3 Å². The molecule has 1 aromatic rings. The van der Waals surface area contributed by atoms with E-state index < -0.39 is 0 Å². The van der Waals surface area contributed by atoms with Crippen LogP contribution in [-0.2, 0) is 0 Å². The lowest BCUT2D eigenvalue weighted by Gasteiger charge is -2.03. The average Bonchev–Trinajstić information content (AvgIpc) is 2.74. The fourth-order valence-corrected chi connectivity index (χ4v) is 2.07. The third kappa shape index (κ3) is 1.44. The van der Waals surface area contributed by atoms with Crippen LogP contribution in [0.25, 0.3) is 0 Å². The normalized spacial score (nSPS) is 20.2. The van der Waals surface area contributed by atoms with E-state index in [-0.39, 0.29) is 6.04 Å². The first-order valence-corrected chi connectivity index (χ1v) is 4.83. The summed E-state index contributed by atoms with van der Waals surface area (Å²) in [4.78, 5) is 4.37. The van der Waals surface area contributed by atoms with Crippen LogP contribution in [-0.4, -0.2) is 4.98 Å². The van der Waals surface area contributed by atoms with Gasteiger partial charge in [-0.05, 0) is 25.7 Å². The van der Waals surface area contributed by atoms with Crippen molar-refractivity contribution >= 4 is 11.3 Å². The highest BCUT2D eigenvalue weighted by molar-refractivity contribution is 7.09. The third-order valence-electron chi connectivity index (χ3n) is 2.05. The molecule has 0 saturated heterocycles. The van der Waals surface area contributed by atoms with E-state index in [0.717, 1.165) is 16.6 Å². The zero-order valence-corrected chi connectivity index (χ0v) is 7.40. The number of aryl methyl sites for hydroxylation is 1. The standard InChI is InChI=1S/C8H12N2S/c1-5-4-11-8(10-5)7(9)6-2-3-6/h4,6-7H,2-3,9H2,1H3. The van der Waals surface area contributed by atoms with Crippen LogP contribution in [0.4, 0.5) is 0 Å². The zero-order chi connectivity index (χ0) is 7.84. The van der Waals surface area contributed by atoms with E-state index in [4.69, 9.17) is 5.73 Å². The van der Waals surface area contributed by atoms with E-state index in [1.165, 1.54) is 12.8 Å². The van der Waals surface area contributed by atoms with Gasteiger partial charge in [-0.15, -0.1) is 11.3 Å². The number of nitrogens with two attached hydrogens (primary N) is 1. The summed E-state index contributed by atoms with van der Waals surface area (Å²) in [5.41, 5.74) is 7.06. The van der Waals surface area contributed by atoms with Crippen LogP contribution >= 0.6 is 11.3 Å². The summed E-state index contributed by atoms with van der Waals surface area (Å²) in [6.07, 6.45) is 2.58. The first kappa shape index (κ1) is 7.25. The van der Waals surface area contributed by atoms with Gasteiger partial charge in [0.2, 0.25) is 0 Å². The zero-order valence-electron chi connectivity index (χ0n) is 6.58. The summed E-state index contributed by atoms with van der Waals surface area (Å²) in [6.45, 7) is 2.01. The van der Waals surface area contributed by atoms with Crippen LogP contribution in [0.2, 0.25) is 0 Å². The number of hydrogen-bond acceptors (Lipinski definition) is 3. The number of aromatic nitrogens is 1. The second kappa shape index (κ2) is 2.57. The Morgan fingerprint density at radius 2 is 2.45 bits per heavy atom. The molecule has 60 valence electrons. The number of thiazole rings is 1. The SMILES string of the molecule is Cc1csc(C(N)C2CC2)n1. The fraction of sp³-hybridized carbons (Fsp3) is 0.625. The van der Waals surface area contributed by atoms with Crippen molar-refractivity contribution in [3.05, 3.63) is 16.1 Å². The van der Waals surface area contributed by atoms with Crippen molar-refractivity contribution < 1.29 is 0 Å². The van der Waals surface area contributed by atoms with Gasteiger partial charge in [0.25, 0.3) is 0 Å². The van der Waals surface area contributed by atoms with Crippen LogP contribution in [0.15, 0.2) is 5.38 Å². The van der Waals surface area contributed by atoms with Crippen molar-refractivity contribution in [1.82, 2.24) is 4.98 Å². The molecule has 0 radical (unpaired) electrons. The summed E-state index contributed by atoms with van der Waals surface area (Å²) in [5, 5.41) is 3.18. The Hall–Kier alpha value is -0.410. The molecule has 1 unspecified atom stereocenters. The molecule has 1 aliphatic rings. The van der Waals surface area contributed by atoms with Crippen LogP contribution in [0.5, 0.6) is 0 Å². The Bertz CT molecular complexity index is 252. The van der Waals surface area contributed by atoms with Crippen molar-refractivity contribution in [2.24, 2.45) is 11.7 Å². The summed E-state index contributed by atoms with van der Waals surface area (Å²) in [6, 6.07) is 0.216. The second-order valence-electron chi connectivity index (χ2n) is 3.19. The molecule has 0 bridgehead atoms. The van der Waals surface area contributed by atoms with Crippen LogP contribution in [0, 0.1) is 12.8 Å². The molecule has 0 amide bonds. The molecule has 2 N–H and O–H groups in total. The van der Waals surface area contributed by atoms with Gasteiger partial charge in [-0.2, -0.15) is 0 Å². The lowest BCUT2D eigenvalue weighted by molar-refractivity contribution is 0.628. The summed E-state index contributed by atoms with van der Waals surface area (Å²) >= 11 is 1.69. The van der Waals surface area contributed by atoms with Gasteiger partial charge < -0.3 is 5.73 Å². The minimum atomic E-state index is 0.216. The first-order valence-electron chi connectivity index (χ1n) is 3.95. The third-order valence-corrected chi connectivity index (χ3v) is 3.12. The van der Waals surface area contributed by atoms with Gasteiger partial charge in [0.05, 0.1) is 6.04 Å². The van der Waals surface area contributed by atoms with Gasteiger partial charge in [-0.3, -0.25) is 0 Å². The van der Waals surface area contributed by atoms with Gasteiger partial charge >= 0.3 is 0 Å². The van der Waals surface area contributed by atoms with Crippen molar-refractivity contribution in [3.63, 3.8) is 0 Å². The second-order valence-corrected chi connectivity index (χ2v) is 4.08. The first-order chi connectivity index (χ1) is 5.27.